The molecule has 2 aromatic heterocycles. The van der Waals surface area contributed by atoms with Crippen molar-refractivity contribution in [2.75, 3.05) is 7.11 Å². The molecule has 1 N–H and O–H groups in total. The van der Waals surface area contributed by atoms with Crippen molar-refractivity contribution in [3.63, 3.8) is 0 Å². The van der Waals surface area contributed by atoms with Gasteiger partial charge in [0.2, 0.25) is 5.88 Å². The minimum absolute atomic E-state index is 0.658. The Hall–Kier alpha value is -1.88. The number of nitrogens with zero attached hydrogens (tertiary/aromatic N) is 2. The number of ether oxygens (including phenoxy) is 1. The Balaban J connectivity index is 2.02. The third kappa shape index (κ3) is 3.12. The lowest BCUT2D eigenvalue weighted by atomic mass is 10.1. The normalized spacial score (nSPS) is 10.7. The van der Waals surface area contributed by atoms with E-state index in [0.717, 1.165) is 23.7 Å². The Morgan fingerprint density at radius 2 is 2.05 bits per heavy atom. The topological polar surface area (TPSA) is 60.2 Å². The van der Waals surface area contributed by atoms with E-state index >= 15 is 0 Å². The number of methoxy groups -OCH3 is 1. The second-order valence-corrected chi connectivity index (χ2v) is 4.50. The van der Waals surface area contributed by atoms with Crippen LogP contribution in [0.4, 0.5) is 0 Å². The highest BCUT2D eigenvalue weighted by Gasteiger charge is 2.08. The molecule has 19 heavy (non-hydrogen) atoms. The zero-order valence-corrected chi connectivity index (χ0v) is 11.8. The van der Waals surface area contributed by atoms with Gasteiger partial charge in [-0.3, -0.25) is 0 Å². The Morgan fingerprint density at radius 1 is 1.26 bits per heavy atom. The quantitative estimate of drug-likeness (QED) is 0.894. The lowest BCUT2D eigenvalue weighted by Crippen LogP contribution is -2.16. The fourth-order valence-corrected chi connectivity index (χ4v) is 2.00. The number of aryl methyl sites for hydroxylation is 3. The molecule has 0 aromatic carbocycles. The molecule has 0 atom stereocenters. The van der Waals surface area contributed by atoms with Gasteiger partial charge in [-0.2, -0.15) is 0 Å². The fourth-order valence-electron chi connectivity index (χ4n) is 2.00. The number of aromatic nitrogens is 2. The molecule has 0 spiro atoms. The summed E-state index contributed by atoms with van der Waals surface area (Å²) in [5.74, 6) is 1.51. The molecule has 0 aliphatic carbocycles. The Bertz CT molecular complexity index is 541. The van der Waals surface area contributed by atoms with Crippen LogP contribution in [-0.4, -0.2) is 17.1 Å². The van der Waals surface area contributed by atoms with Crippen molar-refractivity contribution in [3.05, 3.63) is 40.7 Å². The van der Waals surface area contributed by atoms with Gasteiger partial charge < -0.3 is 14.5 Å². The number of rotatable bonds is 5. The van der Waals surface area contributed by atoms with E-state index in [1.54, 1.807) is 7.11 Å². The molecule has 0 unspecified atom stereocenters. The predicted molar refractivity (Wildman–Crippen MR) is 72.0 cm³/mol. The minimum atomic E-state index is 0.658. The van der Waals surface area contributed by atoms with Crippen molar-refractivity contribution in [1.82, 2.24) is 15.3 Å². The van der Waals surface area contributed by atoms with Gasteiger partial charge in [0.25, 0.3) is 0 Å². The highest BCUT2D eigenvalue weighted by atomic mass is 16.5. The molecular formula is C14H19N3O2. The van der Waals surface area contributed by atoms with Crippen LogP contribution in [0.1, 0.15) is 28.3 Å². The van der Waals surface area contributed by atoms with Crippen molar-refractivity contribution in [2.24, 2.45) is 0 Å². The van der Waals surface area contributed by atoms with Gasteiger partial charge in [0.05, 0.1) is 12.8 Å². The van der Waals surface area contributed by atoms with E-state index < -0.39 is 0 Å². The summed E-state index contributed by atoms with van der Waals surface area (Å²) in [5.41, 5.74) is 4.30. The van der Waals surface area contributed by atoms with Crippen LogP contribution in [0.2, 0.25) is 0 Å². The molecule has 0 saturated heterocycles. The highest BCUT2D eigenvalue weighted by Crippen LogP contribution is 2.17. The lowest BCUT2D eigenvalue weighted by Gasteiger charge is -2.11. The van der Waals surface area contributed by atoms with Crippen molar-refractivity contribution < 1.29 is 9.15 Å². The molecule has 0 fully saturated rings. The molecule has 5 heteroatoms. The monoisotopic (exact) mass is 261 g/mol. The molecule has 0 aliphatic heterocycles. The van der Waals surface area contributed by atoms with E-state index in [1.165, 1.54) is 17.5 Å². The van der Waals surface area contributed by atoms with Crippen LogP contribution in [0.25, 0.3) is 0 Å². The van der Waals surface area contributed by atoms with Crippen LogP contribution < -0.4 is 10.1 Å². The van der Waals surface area contributed by atoms with Gasteiger partial charge in [0.1, 0.15) is 5.76 Å². The average molecular weight is 261 g/mol. The molecule has 2 aromatic rings. The molecule has 2 heterocycles. The number of nitrogens with one attached hydrogen (secondary N) is 1. The van der Waals surface area contributed by atoms with Crippen molar-refractivity contribution in [2.45, 2.75) is 33.9 Å². The summed E-state index contributed by atoms with van der Waals surface area (Å²) < 4.78 is 10.3. The molecule has 102 valence electrons. The van der Waals surface area contributed by atoms with Gasteiger partial charge in [-0.15, -0.1) is 0 Å². The summed E-state index contributed by atoms with van der Waals surface area (Å²) in [4.78, 5) is 8.54. The van der Waals surface area contributed by atoms with Gasteiger partial charge in [-0.25, -0.2) is 9.97 Å². The van der Waals surface area contributed by atoms with E-state index in [-0.39, 0.29) is 0 Å². The van der Waals surface area contributed by atoms with E-state index in [1.807, 2.05) is 19.9 Å². The molecule has 0 saturated carbocycles. The van der Waals surface area contributed by atoms with Crippen molar-refractivity contribution in [1.29, 1.82) is 0 Å². The Kier molecular flexibility index (Phi) is 4.16. The second kappa shape index (κ2) is 5.84. The van der Waals surface area contributed by atoms with Gasteiger partial charge in [-0.1, -0.05) is 0 Å². The predicted octanol–water partition coefficient (Wildman–Crippen LogP) is 2.29. The third-order valence-electron chi connectivity index (χ3n) is 3.18. The van der Waals surface area contributed by atoms with Crippen LogP contribution in [0.3, 0.4) is 0 Å². The molecule has 2 rings (SSSR count). The molecule has 0 bridgehead atoms. The third-order valence-corrected chi connectivity index (χ3v) is 3.18. The van der Waals surface area contributed by atoms with E-state index in [0.29, 0.717) is 12.4 Å². The SMILES string of the molecule is COc1cc(C)c(CNCc2ncoc2C)c(C)n1. The zero-order valence-electron chi connectivity index (χ0n) is 11.8. The summed E-state index contributed by atoms with van der Waals surface area (Å²) in [6.45, 7) is 7.41. The van der Waals surface area contributed by atoms with E-state index in [2.05, 4.69) is 22.2 Å². The van der Waals surface area contributed by atoms with Gasteiger partial charge in [0.15, 0.2) is 6.39 Å². The second-order valence-electron chi connectivity index (χ2n) is 4.50. The number of pyridine rings is 1. The van der Waals surface area contributed by atoms with E-state index in [9.17, 15) is 0 Å². The number of hydrogen-bond acceptors (Lipinski definition) is 5. The Morgan fingerprint density at radius 3 is 2.63 bits per heavy atom. The summed E-state index contributed by atoms with van der Waals surface area (Å²) in [6.07, 6.45) is 1.47. The van der Waals surface area contributed by atoms with Crippen molar-refractivity contribution >= 4 is 0 Å². The maximum absolute atomic E-state index is 5.16. The molecule has 5 nitrogen and oxygen atoms in total. The van der Waals surface area contributed by atoms with E-state index in [4.69, 9.17) is 9.15 Å². The summed E-state index contributed by atoms with van der Waals surface area (Å²) >= 11 is 0. The first-order chi connectivity index (χ1) is 9.11. The molecule has 0 radical (unpaired) electrons. The average Bonchev–Trinajstić information content (AvgIpc) is 2.78. The van der Waals surface area contributed by atoms with Crippen LogP contribution >= 0.6 is 0 Å². The van der Waals surface area contributed by atoms with Crippen LogP contribution in [0.15, 0.2) is 16.9 Å². The summed E-state index contributed by atoms with van der Waals surface area (Å²) in [5, 5.41) is 3.36. The summed E-state index contributed by atoms with van der Waals surface area (Å²) in [7, 11) is 1.63. The largest absolute Gasteiger partial charge is 0.481 e. The van der Waals surface area contributed by atoms with Crippen LogP contribution in [0, 0.1) is 20.8 Å². The lowest BCUT2D eigenvalue weighted by molar-refractivity contribution is 0.396. The van der Waals surface area contributed by atoms with Crippen LogP contribution in [-0.2, 0) is 13.1 Å². The summed E-state index contributed by atoms with van der Waals surface area (Å²) in [6, 6.07) is 1.95. The van der Waals surface area contributed by atoms with Gasteiger partial charge in [0, 0.05) is 24.8 Å². The maximum Gasteiger partial charge on any atom is 0.213 e. The molecular weight excluding hydrogens is 242 g/mol. The maximum atomic E-state index is 5.16. The fraction of sp³-hybridized carbons (Fsp3) is 0.429. The smallest absolute Gasteiger partial charge is 0.213 e. The highest BCUT2D eigenvalue weighted by molar-refractivity contribution is 5.33. The van der Waals surface area contributed by atoms with Gasteiger partial charge in [-0.05, 0) is 31.9 Å². The number of oxazole rings is 1. The number of hydrogen-bond donors (Lipinski definition) is 1. The first kappa shape index (κ1) is 13.5. The molecule has 0 aliphatic rings. The first-order valence-corrected chi connectivity index (χ1v) is 6.22. The molecule has 0 amide bonds. The minimum Gasteiger partial charge on any atom is -0.481 e. The van der Waals surface area contributed by atoms with Gasteiger partial charge >= 0.3 is 0 Å². The standard InChI is InChI=1S/C14H19N3O2/c1-9-5-14(18-4)17-10(2)12(9)6-15-7-13-11(3)19-8-16-13/h5,8,15H,6-7H2,1-4H3. The Labute approximate surface area is 113 Å². The van der Waals surface area contributed by atoms with Crippen molar-refractivity contribution in [3.8, 4) is 5.88 Å². The first-order valence-electron chi connectivity index (χ1n) is 6.22. The van der Waals surface area contributed by atoms with Crippen LogP contribution in [0.5, 0.6) is 5.88 Å². The zero-order chi connectivity index (χ0) is 13.8.